The molecule has 104 valence electrons. The van der Waals surface area contributed by atoms with Gasteiger partial charge in [0, 0.05) is 44.1 Å². The summed E-state index contributed by atoms with van der Waals surface area (Å²) in [6.45, 7) is 8.76. The lowest BCUT2D eigenvalue weighted by Gasteiger charge is -2.32. The van der Waals surface area contributed by atoms with Crippen LogP contribution in [0.15, 0.2) is 18.5 Å². The van der Waals surface area contributed by atoms with Crippen molar-refractivity contribution in [3.8, 4) is 0 Å². The molecule has 5 heteroatoms. The van der Waals surface area contributed by atoms with E-state index in [0.717, 1.165) is 12.0 Å². The molecule has 2 heterocycles. The van der Waals surface area contributed by atoms with Crippen molar-refractivity contribution in [1.82, 2.24) is 14.4 Å². The van der Waals surface area contributed by atoms with Crippen molar-refractivity contribution in [3.05, 3.63) is 24.0 Å². The molecule has 1 aromatic rings. The van der Waals surface area contributed by atoms with Gasteiger partial charge in [-0.15, -0.1) is 0 Å². The molecule has 5 nitrogen and oxygen atoms in total. The number of hydrogen-bond donors (Lipinski definition) is 0. The summed E-state index contributed by atoms with van der Waals surface area (Å²) in [7, 11) is 0. The van der Waals surface area contributed by atoms with Gasteiger partial charge < -0.3 is 14.4 Å². The number of amides is 2. The van der Waals surface area contributed by atoms with Crippen LogP contribution in [0.3, 0.4) is 0 Å². The van der Waals surface area contributed by atoms with Gasteiger partial charge in [-0.05, 0) is 26.8 Å². The summed E-state index contributed by atoms with van der Waals surface area (Å²) in [6, 6.07) is 1.86. The van der Waals surface area contributed by atoms with Gasteiger partial charge in [0.1, 0.15) is 0 Å². The topological polar surface area (TPSA) is 45.6 Å². The summed E-state index contributed by atoms with van der Waals surface area (Å²) in [5.41, 5.74) is 0.698. The fourth-order valence-electron chi connectivity index (χ4n) is 2.15. The van der Waals surface area contributed by atoms with Crippen LogP contribution in [0.5, 0.6) is 0 Å². The van der Waals surface area contributed by atoms with E-state index in [1.54, 1.807) is 4.90 Å². The Labute approximate surface area is 113 Å². The molecule has 0 bridgehead atoms. The molecule has 1 saturated heterocycles. The maximum Gasteiger partial charge on any atom is 0.255 e. The van der Waals surface area contributed by atoms with Crippen molar-refractivity contribution < 1.29 is 9.59 Å². The van der Waals surface area contributed by atoms with E-state index < -0.39 is 0 Å². The quantitative estimate of drug-likeness (QED) is 0.752. The monoisotopic (exact) mass is 263 g/mol. The van der Waals surface area contributed by atoms with Crippen molar-refractivity contribution in [1.29, 1.82) is 0 Å². The molecule has 2 amide bonds. The van der Waals surface area contributed by atoms with Gasteiger partial charge in [-0.1, -0.05) is 0 Å². The van der Waals surface area contributed by atoms with Gasteiger partial charge in [0.2, 0.25) is 6.41 Å². The highest BCUT2D eigenvalue weighted by Gasteiger charge is 2.23. The second kappa shape index (κ2) is 5.07. The molecule has 0 aliphatic carbocycles. The van der Waals surface area contributed by atoms with E-state index in [9.17, 15) is 9.59 Å². The molecular weight excluding hydrogens is 242 g/mol. The largest absolute Gasteiger partial charge is 0.348 e. The van der Waals surface area contributed by atoms with Crippen molar-refractivity contribution >= 4 is 12.3 Å². The number of aromatic nitrogens is 1. The van der Waals surface area contributed by atoms with Crippen LogP contribution in [0.1, 0.15) is 31.1 Å². The minimum atomic E-state index is -0.0191. The Balaban J connectivity index is 2.04. The van der Waals surface area contributed by atoms with Crippen LogP contribution in [0.25, 0.3) is 0 Å². The van der Waals surface area contributed by atoms with E-state index in [-0.39, 0.29) is 11.4 Å². The number of carbonyl (C=O) groups is 2. The molecule has 1 aliphatic rings. The van der Waals surface area contributed by atoms with E-state index in [2.05, 4.69) is 20.8 Å². The van der Waals surface area contributed by atoms with Gasteiger partial charge in [-0.2, -0.15) is 0 Å². The summed E-state index contributed by atoms with van der Waals surface area (Å²) >= 11 is 0. The first-order valence-electron chi connectivity index (χ1n) is 6.59. The second-order valence-electron chi connectivity index (χ2n) is 5.91. The molecule has 1 aromatic heterocycles. The van der Waals surface area contributed by atoms with E-state index >= 15 is 0 Å². The number of carbonyl (C=O) groups excluding carboxylic acids is 2. The third-order valence-electron chi connectivity index (χ3n) is 3.46. The van der Waals surface area contributed by atoms with Crippen LogP contribution in [0.4, 0.5) is 0 Å². The number of rotatable bonds is 2. The van der Waals surface area contributed by atoms with Crippen LogP contribution >= 0.6 is 0 Å². The summed E-state index contributed by atoms with van der Waals surface area (Å²) in [4.78, 5) is 26.5. The van der Waals surface area contributed by atoms with Gasteiger partial charge in [0.15, 0.2) is 0 Å². The van der Waals surface area contributed by atoms with Crippen LogP contribution in [-0.2, 0) is 10.3 Å². The molecule has 19 heavy (non-hydrogen) atoms. The second-order valence-corrected chi connectivity index (χ2v) is 5.91. The zero-order valence-corrected chi connectivity index (χ0v) is 11.8. The zero-order valence-electron chi connectivity index (χ0n) is 11.8. The molecule has 0 saturated carbocycles. The predicted octanol–water partition coefficient (Wildman–Crippen LogP) is 1.16. The van der Waals surface area contributed by atoms with Crippen LogP contribution in [-0.4, -0.2) is 52.9 Å². The maximum absolute atomic E-state index is 12.3. The fraction of sp³-hybridized carbons (Fsp3) is 0.571. The minimum Gasteiger partial charge on any atom is -0.348 e. The first-order valence-corrected chi connectivity index (χ1v) is 6.59. The predicted molar refractivity (Wildman–Crippen MR) is 73.0 cm³/mol. The lowest BCUT2D eigenvalue weighted by Crippen LogP contribution is -2.48. The molecule has 0 radical (unpaired) electrons. The first-order chi connectivity index (χ1) is 8.91. The molecule has 0 unspecified atom stereocenters. The van der Waals surface area contributed by atoms with Crippen molar-refractivity contribution in [3.63, 3.8) is 0 Å². The average molecular weight is 263 g/mol. The van der Waals surface area contributed by atoms with E-state index in [4.69, 9.17) is 0 Å². The summed E-state index contributed by atoms with van der Waals surface area (Å²) in [5.74, 6) is 0.0496. The molecule has 1 aliphatic heterocycles. The van der Waals surface area contributed by atoms with Crippen LogP contribution < -0.4 is 0 Å². The smallest absolute Gasteiger partial charge is 0.255 e. The Kier molecular flexibility index (Phi) is 3.64. The number of piperazine rings is 1. The lowest BCUT2D eigenvalue weighted by atomic mass is 10.1. The number of nitrogens with zero attached hydrogens (tertiary/aromatic N) is 3. The Morgan fingerprint density at radius 2 is 1.84 bits per heavy atom. The summed E-state index contributed by atoms with van der Waals surface area (Å²) in [6.07, 6.45) is 4.68. The number of hydrogen-bond acceptors (Lipinski definition) is 2. The molecule has 0 aromatic carbocycles. The maximum atomic E-state index is 12.3. The third kappa shape index (κ3) is 2.97. The standard InChI is InChI=1S/C14H21N3O2/c1-14(2,3)17-5-4-12(10-17)13(19)16-8-6-15(11-18)7-9-16/h4-5,10-11H,6-9H2,1-3H3. The molecule has 0 atom stereocenters. The van der Waals surface area contributed by atoms with E-state index in [1.165, 1.54) is 0 Å². The first kappa shape index (κ1) is 13.6. The Bertz CT molecular complexity index is 465. The molecule has 1 fully saturated rings. The van der Waals surface area contributed by atoms with Crippen molar-refractivity contribution in [2.45, 2.75) is 26.3 Å². The molecule has 0 spiro atoms. The van der Waals surface area contributed by atoms with E-state index in [0.29, 0.717) is 26.2 Å². The van der Waals surface area contributed by atoms with E-state index in [1.807, 2.05) is 27.9 Å². The highest BCUT2D eigenvalue weighted by molar-refractivity contribution is 5.94. The lowest BCUT2D eigenvalue weighted by molar-refractivity contribution is -0.119. The van der Waals surface area contributed by atoms with Crippen LogP contribution in [0.2, 0.25) is 0 Å². The summed E-state index contributed by atoms with van der Waals surface area (Å²) < 4.78 is 2.04. The Hall–Kier alpha value is -1.78. The fourth-order valence-corrected chi connectivity index (χ4v) is 2.15. The van der Waals surface area contributed by atoms with Gasteiger partial charge in [-0.3, -0.25) is 9.59 Å². The Morgan fingerprint density at radius 3 is 2.32 bits per heavy atom. The minimum absolute atomic E-state index is 0.0191. The highest BCUT2D eigenvalue weighted by Crippen LogP contribution is 2.17. The third-order valence-corrected chi connectivity index (χ3v) is 3.46. The van der Waals surface area contributed by atoms with Gasteiger partial charge in [0.25, 0.3) is 5.91 Å². The van der Waals surface area contributed by atoms with Crippen molar-refractivity contribution in [2.75, 3.05) is 26.2 Å². The van der Waals surface area contributed by atoms with Gasteiger partial charge >= 0.3 is 0 Å². The Morgan fingerprint density at radius 1 is 1.21 bits per heavy atom. The highest BCUT2D eigenvalue weighted by atomic mass is 16.2. The molecule has 0 N–H and O–H groups in total. The normalized spacial score (nSPS) is 16.6. The molecule has 2 rings (SSSR count). The SMILES string of the molecule is CC(C)(C)n1ccc(C(=O)N2CCN(C=O)CC2)c1. The van der Waals surface area contributed by atoms with Crippen molar-refractivity contribution in [2.24, 2.45) is 0 Å². The van der Waals surface area contributed by atoms with Crippen LogP contribution in [0, 0.1) is 0 Å². The molecular formula is C14H21N3O2. The van der Waals surface area contributed by atoms with Gasteiger partial charge in [0.05, 0.1) is 5.56 Å². The average Bonchev–Trinajstić information content (AvgIpc) is 2.87. The summed E-state index contributed by atoms with van der Waals surface area (Å²) in [5, 5.41) is 0. The zero-order chi connectivity index (χ0) is 14.0. The van der Waals surface area contributed by atoms with Gasteiger partial charge in [-0.25, -0.2) is 0 Å².